The van der Waals surface area contributed by atoms with E-state index in [2.05, 4.69) is 21.2 Å². The summed E-state index contributed by atoms with van der Waals surface area (Å²) in [5, 5.41) is 3.34. The molecule has 0 saturated carbocycles. The third-order valence-corrected chi connectivity index (χ3v) is 3.30. The summed E-state index contributed by atoms with van der Waals surface area (Å²) in [5.74, 6) is 0.403. The van der Waals surface area contributed by atoms with E-state index >= 15 is 0 Å². The summed E-state index contributed by atoms with van der Waals surface area (Å²) in [4.78, 5) is 12.3. The first-order valence-corrected chi connectivity index (χ1v) is 7.66. The second-order valence-electron chi connectivity index (χ2n) is 4.78. The van der Waals surface area contributed by atoms with Crippen LogP contribution in [-0.2, 0) is 0 Å². The number of ether oxygens (including phenoxy) is 1. The molecule has 0 aliphatic rings. The van der Waals surface area contributed by atoms with Gasteiger partial charge in [-0.25, -0.2) is 0 Å². The summed E-state index contributed by atoms with van der Waals surface area (Å²) >= 11 is 9.29. The minimum Gasteiger partial charge on any atom is -0.489 e. The van der Waals surface area contributed by atoms with Crippen molar-refractivity contribution in [3.8, 4) is 5.75 Å². The number of para-hydroxylation sites is 2. The summed E-state index contributed by atoms with van der Waals surface area (Å²) in [6.45, 7) is 3.87. The normalized spacial score (nSPS) is 10.5. The zero-order chi connectivity index (χ0) is 15.4. The molecule has 0 saturated heterocycles. The van der Waals surface area contributed by atoms with E-state index in [1.807, 2.05) is 32.0 Å². The van der Waals surface area contributed by atoms with E-state index in [-0.39, 0.29) is 12.0 Å². The molecule has 0 aromatic heterocycles. The summed E-state index contributed by atoms with van der Waals surface area (Å²) in [6, 6.07) is 12.4. The van der Waals surface area contributed by atoms with Crippen molar-refractivity contribution in [3.63, 3.8) is 0 Å². The van der Waals surface area contributed by atoms with Crippen molar-refractivity contribution >= 4 is 39.1 Å². The van der Waals surface area contributed by atoms with Gasteiger partial charge in [-0.05, 0) is 44.2 Å². The minimum absolute atomic E-state index is 0.0309. The quantitative estimate of drug-likeness (QED) is 0.811. The molecule has 2 rings (SSSR count). The fraction of sp³-hybridized carbons (Fsp3) is 0.188. The summed E-state index contributed by atoms with van der Waals surface area (Å²) < 4.78 is 6.44. The molecule has 0 aliphatic heterocycles. The Balaban J connectivity index is 2.23. The van der Waals surface area contributed by atoms with Crippen molar-refractivity contribution in [2.24, 2.45) is 0 Å². The average Bonchev–Trinajstić information content (AvgIpc) is 2.39. The van der Waals surface area contributed by atoms with Gasteiger partial charge in [0.15, 0.2) is 0 Å². The zero-order valence-corrected chi connectivity index (χ0v) is 14.0. The van der Waals surface area contributed by atoms with E-state index in [1.54, 1.807) is 24.3 Å². The van der Waals surface area contributed by atoms with Gasteiger partial charge in [-0.15, -0.1) is 0 Å². The van der Waals surface area contributed by atoms with Gasteiger partial charge in [0.25, 0.3) is 5.91 Å². The Hall–Kier alpha value is -1.52. The van der Waals surface area contributed by atoms with Gasteiger partial charge in [-0.1, -0.05) is 39.7 Å². The largest absolute Gasteiger partial charge is 0.489 e. The van der Waals surface area contributed by atoms with E-state index in [0.717, 1.165) is 4.47 Å². The lowest BCUT2D eigenvalue weighted by molar-refractivity contribution is 0.102. The van der Waals surface area contributed by atoms with Crippen molar-refractivity contribution in [3.05, 3.63) is 57.5 Å². The highest BCUT2D eigenvalue weighted by atomic mass is 79.9. The maximum absolute atomic E-state index is 12.3. The lowest BCUT2D eigenvalue weighted by Crippen LogP contribution is -2.14. The molecule has 0 fully saturated rings. The monoisotopic (exact) mass is 367 g/mol. The zero-order valence-electron chi connectivity index (χ0n) is 11.7. The predicted octanol–water partition coefficient (Wildman–Crippen LogP) is 5.14. The van der Waals surface area contributed by atoms with Crippen LogP contribution in [0.4, 0.5) is 5.69 Å². The molecule has 2 aromatic rings. The molecule has 1 amide bonds. The molecule has 1 N–H and O–H groups in total. The fourth-order valence-electron chi connectivity index (χ4n) is 1.81. The third kappa shape index (κ3) is 4.48. The fourth-order valence-corrected chi connectivity index (χ4v) is 2.67. The molecule has 0 spiro atoms. The number of halogens is 2. The van der Waals surface area contributed by atoms with Crippen LogP contribution in [0.15, 0.2) is 46.9 Å². The average molecular weight is 369 g/mol. The molecule has 0 heterocycles. The standard InChI is InChI=1S/C16H15BrClNO2/c1-10(2)21-15-6-4-3-5-14(15)19-16(20)11-7-12(17)9-13(18)8-11/h3-10H,1-2H3,(H,19,20). The Morgan fingerprint density at radius 1 is 1.24 bits per heavy atom. The lowest BCUT2D eigenvalue weighted by Gasteiger charge is -2.15. The van der Waals surface area contributed by atoms with Gasteiger partial charge in [0.1, 0.15) is 5.75 Å². The molecule has 110 valence electrons. The minimum atomic E-state index is -0.238. The number of amides is 1. The molecular formula is C16H15BrClNO2. The van der Waals surface area contributed by atoms with Gasteiger partial charge in [0, 0.05) is 15.1 Å². The smallest absolute Gasteiger partial charge is 0.255 e. The van der Waals surface area contributed by atoms with Gasteiger partial charge in [0.05, 0.1) is 11.8 Å². The maximum atomic E-state index is 12.3. The van der Waals surface area contributed by atoms with Gasteiger partial charge in [-0.3, -0.25) is 4.79 Å². The highest BCUT2D eigenvalue weighted by Gasteiger charge is 2.11. The van der Waals surface area contributed by atoms with Crippen molar-refractivity contribution in [1.29, 1.82) is 0 Å². The number of hydrogen-bond donors (Lipinski definition) is 1. The van der Waals surface area contributed by atoms with Crippen molar-refractivity contribution in [2.75, 3.05) is 5.32 Å². The highest BCUT2D eigenvalue weighted by molar-refractivity contribution is 9.10. The molecule has 0 radical (unpaired) electrons. The number of hydrogen-bond acceptors (Lipinski definition) is 2. The van der Waals surface area contributed by atoms with E-state index in [4.69, 9.17) is 16.3 Å². The van der Waals surface area contributed by atoms with Crippen LogP contribution >= 0.6 is 27.5 Å². The maximum Gasteiger partial charge on any atom is 0.255 e. The van der Waals surface area contributed by atoms with Gasteiger partial charge in [0.2, 0.25) is 0 Å². The van der Waals surface area contributed by atoms with E-state index in [1.165, 1.54) is 0 Å². The SMILES string of the molecule is CC(C)Oc1ccccc1NC(=O)c1cc(Cl)cc(Br)c1. The van der Waals surface area contributed by atoms with Crippen molar-refractivity contribution in [1.82, 2.24) is 0 Å². The van der Waals surface area contributed by atoms with Crippen LogP contribution in [0, 0.1) is 0 Å². The number of benzene rings is 2. The molecule has 0 unspecified atom stereocenters. The van der Waals surface area contributed by atoms with Crippen molar-refractivity contribution in [2.45, 2.75) is 20.0 Å². The molecule has 2 aromatic carbocycles. The molecular weight excluding hydrogens is 354 g/mol. The number of nitrogens with one attached hydrogen (secondary N) is 1. The van der Waals surface area contributed by atoms with Crippen LogP contribution in [0.5, 0.6) is 5.75 Å². The Labute approximate surface area is 137 Å². The molecule has 3 nitrogen and oxygen atoms in total. The van der Waals surface area contributed by atoms with Crippen LogP contribution in [0.25, 0.3) is 0 Å². The molecule has 21 heavy (non-hydrogen) atoms. The second kappa shape index (κ2) is 6.96. The Kier molecular flexibility index (Phi) is 5.26. The first-order chi connectivity index (χ1) is 9.95. The topological polar surface area (TPSA) is 38.3 Å². The first-order valence-electron chi connectivity index (χ1n) is 6.49. The van der Waals surface area contributed by atoms with E-state index in [0.29, 0.717) is 22.0 Å². The highest BCUT2D eigenvalue weighted by Crippen LogP contribution is 2.26. The summed E-state index contributed by atoms with van der Waals surface area (Å²) in [5.41, 5.74) is 1.11. The third-order valence-electron chi connectivity index (χ3n) is 2.62. The van der Waals surface area contributed by atoms with E-state index < -0.39 is 0 Å². The lowest BCUT2D eigenvalue weighted by atomic mass is 10.2. The summed E-state index contributed by atoms with van der Waals surface area (Å²) in [6.07, 6.45) is 0.0309. The van der Waals surface area contributed by atoms with Crippen molar-refractivity contribution < 1.29 is 9.53 Å². The molecule has 0 aliphatic carbocycles. The van der Waals surface area contributed by atoms with Crippen LogP contribution in [0.1, 0.15) is 24.2 Å². The van der Waals surface area contributed by atoms with Crippen LogP contribution in [0.3, 0.4) is 0 Å². The second-order valence-corrected chi connectivity index (χ2v) is 6.13. The molecule has 0 bridgehead atoms. The number of carbonyl (C=O) groups excluding carboxylic acids is 1. The van der Waals surface area contributed by atoms with Crippen LogP contribution in [-0.4, -0.2) is 12.0 Å². The van der Waals surface area contributed by atoms with Crippen LogP contribution < -0.4 is 10.1 Å². The predicted molar refractivity (Wildman–Crippen MR) is 89.3 cm³/mol. The first kappa shape index (κ1) is 15.9. The summed E-state index contributed by atoms with van der Waals surface area (Å²) in [7, 11) is 0. The van der Waals surface area contributed by atoms with Gasteiger partial charge < -0.3 is 10.1 Å². The molecule has 5 heteroatoms. The van der Waals surface area contributed by atoms with E-state index in [9.17, 15) is 4.79 Å². The Morgan fingerprint density at radius 3 is 2.62 bits per heavy atom. The number of anilines is 1. The Morgan fingerprint density at radius 2 is 1.95 bits per heavy atom. The van der Waals surface area contributed by atoms with Crippen LogP contribution in [0.2, 0.25) is 5.02 Å². The molecule has 0 atom stereocenters. The number of carbonyl (C=O) groups is 1. The van der Waals surface area contributed by atoms with Gasteiger partial charge in [-0.2, -0.15) is 0 Å². The Bertz CT molecular complexity index is 638. The number of rotatable bonds is 4. The van der Waals surface area contributed by atoms with Gasteiger partial charge >= 0.3 is 0 Å².